The van der Waals surface area contributed by atoms with E-state index in [0.29, 0.717) is 17.7 Å². The fourth-order valence-corrected chi connectivity index (χ4v) is 3.64. The molecule has 0 spiro atoms. The Labute approximate surface area is 144 Å². The quantitative estimate of drug-likeness (QED) is 0.666. The van der Waals surface area contributed by atoms with Gasteiger partial charge in [0.15, 0.2) is 5.78 Å². The summed E-state index contributed by atoms with van der Waals surface area (Å²) >= 11 is 1.37. The van der Waals surface area contributed by atoms with E-state index < -0.39 is 6.61 Å². The van der Waals surface area contributed by atoms with Crippen molar-refractivity contribution < 1.29 is 14.7 Å². The van der Waals surface area contributed by atoms with Crippen LogP contribution in [-0.2, 0) is 17.6 Å². The molecular formula is C20H18O3S. The molecule has 122 valence electrons. The Hall–Kier alpha value is -2.30. The molecule has 0 amide bonds. The fraction of sp³-hybridized carbons (Fsp3) is 0.200. The number of rotatable bonds is 7. The van der Waals surface area contributed by atoms with Gasteiger partial charge >= 0.3 is 0 Å². The van der Waals surface area contributed by atoms with E-state index in [-0.39, 0.29) is 11.6 Å². The van der Waals surface area contributed by atoms with Crippen molar-refractivity contribution in [3.63, 3.8) is 0 Å². The predicted molar refractivity (Wildman–Crippen MR) is 96.7 cm³/mol. The Balaban J connectivity index is 1.66. The molecule has 0 aliphatic carbocycles. The maximum atomic E-state index is 12.2. The molecule has 1 N–H and O–H groups in total. The molecule has 0 fully saturated rings. The number of aryl methyl sites for hydroxylation is 1. The highest BCUT2D eigenvalue weighted by atomic mass is 32.1. The normalized spacial score (nSPS) is 10.9. The van der Waals surface area contributed by atoms with Crippen LogP contribution in [0.5, 0.6) is 0 Å². The molecule has 0 saturated carbocycles. The number of ketones is 2. The van der Waals surface area contributed by atoms with Crippen molar-refractivity contribution in [1.29, 1.82) is 0 Å². The van der Waals surface area contributed by atoms with Crippen molar-refractivity contribution in [2.24, 2.45) is 0 Å². The summed E-state index contributed by atoms with van der Waals surface area (Å²) in [5.41, 5.74) is 2.13. The third-order valence-corrected chi connectivity index (χ3v) is 5.09. The predicted octanol–water partition coefficient (Wildman–Crippen LogP) is 3.82. The molecule has 3 rings (SSSR count). The molecule has 1 heterocycles. The first-order chi connectivity index (χ1) is 11.7. The van der Waals surface area contributed by atoms with Crippen LogP contribution in [-0.4, -0.2) is 23.3 Å². The van der Waals surface area contributed by atoms with Crippen molar-refractivity contribution in [3.05, 3.63) is 70.6 Å². The summed E-state index contributed by atoms with van der Waals surface area (Å²) in [6.45, 7) is -0.475. The van der Waals surface area contributed by atoms with Crippen molar-refractivity contribution in [2.45, 2.75) is 19.3 Å². The van der Waals surface area contributed by atoms with E-state index in [1.807, 2.05) is 48.5 Å². The van der Waals surface area contributed by atoms with Crippen molar-refractivity contribution in [2.75, 3.05) is 6.61 Å². The van der Waals surface area contributed by atoms with Crippen LogP contribution in [0.2, 0.25) is 0 Å². The van der Waals surface area contributed by atoms with Crippen molar-refractivity contribution in [3.8, 4) is 0 Å². The number of thiophene rings is 1. The number of carbonyl (C=O) groups excluding carboxylic acids is 2. The third kappa shape index (κ3) is 3.96. The lowest BCUT2D eigenvalue weighted by Crippen LogP contribution is -2.04. The Kier molecular flexibility index (Phi) is 5.18. The third-order valence-electron chi connectivity index (χ3n) is 3.94. The van der Waals surface area contributed by atoms with Gasteiger partial charge in [0.1, 0.15) is 12.4 Å². The zero-order chi connectivity index (χ0) is 16.9. The molecule has 0 atom stereocenters. The van der Waals surface area contributed by atoms with Gasteiger partial charge in [-0.25, -0.2) is 0 Å². The standard InChI is InChI=1S/C20H18O3S/c21-13-18(23)20-12-16-10-15(7-9-19(16)24-20)11-17(22)8-6-14-4-2-1-3-5-14/h1-5,7,9-10,12,21H,6,8,11,13H2. The van der Waals surface area contributed by atoms with Gasteiger partial charge in [0.25, 0.3) is 0 Å². The summed E-state index contributed by atoms with van der Waals surface area (Å²) in [6.07, 6.45) is 1.69. The van der Waals surface area contributed by atoms with Gasteiger partial charge in [-0.1, -0.05) is 36.4 Å². The number of benzene rings is 2. The molecule has 0 aliphatic heterocycles. The molecule has 0 unspecified atom stereocenters. The molecule has 3 aromatic rings. The second kappa shape index (κ2) is 7.51. The maximum absolute atomic E-state index is 12.2. The van der Waals surface area contributed by atoms with Crippen LogP contribution in [0.25, 0.3) is 10.1 Å². The molecule has 0 radical (unpaired) electrons. The SMILES string of the molecule is O=C(CCc1ccccc1)Cc1ccc2sc(C(=O)CO)cc2c1. The molecule has 0 saturated heterocycles. The summed E-state index contributed by atoms with van der Waals surface area (Å²) in [5, 5.41) is 9.90. The average molecular weight is 338 g/mol. The second-order valence-corrected chi connectivity index (χ2v) is 6.85. The molecule has 2 aromatic carbocycles. The van der Waals surface area contributed by atoms with Gasteiger partial charge in [0.2, 0.25) is 0 Å². The van der Waals surface area contributed by atoms with E-state index in [0.717, 1.165) is 22.1 Å². The maximum Gasteiger partial charge on any atom is 0.198 e. The largest absolute Gasteiger partial charge is 0.388 e. The highest BCUT2D eigenvalue weighted by Gasteiger charge is 2.11. The summed E-state index contributed by atoms with van der Waals surface area (Å²) in [5.74, 6) is -0.0585. The van der Waals surface area contributed by atoms with Gasteiger partial charge in [-0.2, -0.15) is 0 Å². The average Bonchev–Trinajstić information content (AvgIpc) is 3.03. The van der Waals surface area contributed by atoms with Gasteiger partial charge in [-0.15, -0.1) is 11.3 Å². The van der Waals surface area contributed by atoms with E-state index in [4.69, 9.17) is 5.11 Å². The van der Waals surface area contributed by atoms with Gasteiger partial charge in [-0.05, 0) is 41.1 Å². The molecular weight excluding hydrogens is 320 g/mol. The minimum absolute atomic E-state index is 0.208. The van der Waals surface area contributed by atoms with Crippen LogP contribution in [0.15, 0.2) is 54.6 Å². The Bertz CT molecular complexity index is 865. The van der Waals surface area contributed by atoms with Crippen LogP contribution in [0.4, 0.5) is 0 Å². The van der Waals surface area contributed by atoms with Crippen molar-refractivity contribution in [1.82, 2.24) is 0 Å². The number of aliphatic hydroxyl groups is 1. The van der Waals surface area contributed by atoms with Crippen LogP contribution >= 0.6 is 11.3 Å². The van der Waals surface area contributed by atoms with Crippen LogP contribution in [0.3, 0.4) is 0 Å². The number of hydrogen-bond acceptors (Lipinski definition) is 4. The first-order valence-corrected chi connectivity index (χ1v) is 8.69. The lowest BCUT2D eigenvalue weighted by atomic mass is 10.0. The van der Waals surface area contributed by atoms with Gasteiger partial charge in [0.05, 0.1) is 4.88 Å². The smallest absolute Gasteiger partial charge is 0.198 e. The topological polar surface area (TPSA) is 54.4 Å². The van der Waals surface area contributed by atoms with E-state index in [2.05, 4.69) is 0 Å². The summed E-state index contributed by atoms with van der Waals surface area (Å²) < 4.78 is 0.993. The van der Waals surface area contributed by atoms with E-state index in [1.165, 1.54) is 16.9 Å². The highest BCUT2D eigenvalue weighted by Crippen LogP contribution is 2.27. The Morgan fingerprint density at radius 2 is 1.75 bits per heavy atom. The zero-order valence-electron chi connectivity index (χ0n) is 13.2. The Morgan fingerprint density at radius 1 is 0.958 bits per heavy atom. The van der Waals surface area contributed by atoms with Crippen molar-refractivity contribution >= 4 is 33.0 Å². The Morgan fingerprint density at radius 3 is 2.50 bits per heavy atom. The number of Topliss-reactive ketones (excluding diaryl/α,β-unsaturated/α-hetero) is 2. The summed E-state index contributed by atoms with van der Waals surface area (Å²) in [4.78, 5) is 24.3. The van der Waals surface area contributed by atoms with E-state index >= 15 is 0 Å². The van der Waals surface area contributed by atoms with Crippen LogP contribution in [0, 0.1) is 0 Å². The lowest BCUT2D eigenvalue weighted by molar-refractivity contribution is -0.118. The van der Waals surface area contributed by atoms with Gasteiger partial charge < -0.3 is 5.11 Å². The molecule has 1 aromatic heterocycles. The monoisotopic (exact) mass is 338 g/mol. The van der Waals surface area contributed by atoms with Gasteiger partial charge in [0, 0.05) is 17.5 Å². The number of carbonyl (C=O) groups is 2. The minimum Gasteiger partial charge on any atom is -0.388 e. The summed E-state index contributed by atoms with van der Waals surface area (Å²) in [7, 11) is 0. The number of hydrogen-bond donors (Lipinski definition) is 1. The molecule has 0 bridgehead atoms. The van der Waals surface area contributed by atoms with E-state index in [9.17, 15) is 9.59 Å². The molecule has 4 heteroatoms. The molecule has 24 heavy (non-hydrogen) atoms. The van der Waals surface area contributed by atoms with Gasteiger partial charge in [-0.3, -0.25) is 9.59 Å². The first kappa shape index (κ1) is 16.6. The molecule has 3 nitrogen and oxygen atoms in total. The zero-order valence-corrected chi connectivity index (χ0v) is 14.0. The highest BCUT2D eigenvalue weighted by molar-refractivity contribution is 7.20. The number of fused-ring (bicyclic) bond motifs is 1. The lowest BCUT2D eigenvalue weighted by Gasteiger charge is -2.03. The fourth-order valence-electron chi connectivity index (χ4n) is 2.66. The van der Waals surface area contributed by atoms with E-state index in [1.54, 1.807) is 6.07 Å². The number of aliphatic hydroxyl groups excluding tert-OH is 1. The minimum atomic E-state index is -0.475. The summed E-state index contributed by atoms with van der Waals surface area (Å²) in [6, 6.07) is 17.6. The van der Waals surface area contributed by atoms with Crippen LogP contribution < -0.4 is 0 Å². The second-order valence-electron chi connectivity index (χ2n) is 5.77. The molecule has 0 aliphatic rings. The first-order valence-electron chi connectivity index (χ1n) is 7.88. The van der Waals surface area contributed by atoms with Crippen LogP contribution in [0.1, 0.15) is 27.2 Å².